The van der Waals surface area contributed by atoms with E-state index in [2.05, 4.69) is 9.97 Å². The Morgan fingerprint density at radius 1 is 0.857 bits per heavy atom. The van der Waals surface area contributed by atoms with Gasteiger partial charge in [0.15, 0.2) is 0 Å². The molecule has 4 rings (SSSR count). The van der Waals surface area contributed by atoms with Crippen molar-refractivity contribution < 1.29 is 5.11 Å². The van der Waals surface area contributed by atoms with Gasteiger partial charge < -0.3 is 5.11 Å². The third-order valence-electron chi connectivity index (χ3n) is 4.69. The summed E-state index contributed by atoms with van der Waals surface area (Å²) >= 11 is 18.5. The van der Waals surface area contributed by atoms with Gasteiger partial charge in [0.05, 0.1) is 10.0 Å². The average molecular weight is 430 g/mol. The van der Waals surface area contributed by atoms with E-state index in [9.17, 15) is 5.11 Å². The lowest BCUT2D eigenvalue weighted by Crippen LogP contribution is -2.07. The van der Waals surface area contributed by atoms with Crippen LogP contribution in [0.2, 0.25) is 15.1 Å². The van der Waals surface area contributed by atoms with Gasteiger partial charge in [-0.1, -0.05) is 59.1 Å². The lowest BCUT2D eigenvalue weighted by molar-refractivity contribution is 0.469. The van der Waals surface area contributed by atoms with Gasteiger partial charge in [-0.3, -0.25) is 9.97 Å². The number of aromatic hydroxyl groups is 1. The zero-order valence-electron chi connectivity index (χ0n) is 14.6. The Morgan fingerprint density at radius 2 is 1.71 bits per heavy atom. The van der Waals surface area contributed by atoms with Crippen LogP contribution in [0.1, 0.15) is 22.7 Å². The average Bonchev–Trinajstić information content (AvgIpc) is 2.69. The van der Waals surface area contributed by atoms with Crippen molar-refractivity contribution in [3.05, 3.63) is 98.9 Å². The van der Waals surface area contributed by atoms with Gasteiger partial charge >= 0.3 is 0 Å². The third-order valence-corrected chi connectivity index (χ3v) is 5.67. The third kappa shape index (κ3) is 3.79. The first-order chi connectivity index (χ1) is 13.5. The highest BCUT2D eigenvalue weighted by atomic mass is 35.5. The van der Waals surface area contributed by atoms with E-state index in [1.807, 2.05) is 42.5 Å². The Morgan fingerprint density at radius 3 is 2.50 bits per heavy atom. The first kappa shape index (κ1) is 19.0. The van der Waals surface area contributed by atoms with Crippen molar-refractivity contribution in [3.63, 3.8) is 0 Å². The molecule has 4 aromatic rings. The van der Waals surface area contributed by atoms with Crippen LogP contribution in [0.5, 0.6) is 5.75 Å². The Kier molecular flexibility index (Phi) is 5.40. The van der Waals surface area contributed by atoms with Crippen LogP contribution in [0, 0.1) is 0 Å². The first-order valence-corrected chi connectivity index (χ1v) is 9.78. The maximum Gasteiger partial charge on any atom is 0.145 e. The van der Waals surface area contributed by atoms with Gasteiger partial charge in [-0.2, -0.15) is 0 Å². The Labute approximate surface area is 177 Å². The minimum absolute atomic E-state index is 0.149. The molecule has 2 heterocycles. The lowest BCUT2D eigenvalue weighted by atomic mass is 9.86. The molecule has 28 heavy (non-hydrogen) atoms. The summed E-state index contributed by atoms with van der Waals surface area (Å²) in [5, 5.41) is 13.4. The summed E-state index contributed by atoms with van der Waals surface area (Å²) in [6.45, 7) is 0. The van der Waals surface area contributed by atoms with Gasteiger partial charge in [0, 0.05) is 46.4 Å². The normalized spacial score (nSPS) is 12.2. The number of phenols is 1. The molecule has 0 spiro atoms. The summed E-state index contributed by atoms with van der Waals surface area (Å²) in [7, 11) is 0. The molecule has 0 saturated heterocycles. The van der Waals surface area contributed by atoms with Gasteiger partial charge in [-0.25, -0.2) is 0 Å². The second kappa shape index (κ2) is 7.96. The highest BCUT2D eigenvalue weighted by Crippen LogP contribution is 2.39. The zero-order chi connectivity index (χ0) is 19.7. The summed E-state index contributed by atoms with van der Waals surface area (Å²) in [4.78, 5) is 8.76. The molecule has 2 aromatic heterocycles. The van der Waals surface area contributed by atoms with E-state index in [1.54, 1.807) is 24.5 Å². The van der Waals surface area contributed by atoms with E-state index < -0.39 is 0 Å². The number of benzene rings is 2. The molecule has 1 atom stereocenters. The maximum atomic E-state index is 11.0. The van der Waals surface area contributed by atoms with Crippen molar-refractivity contribution in [2.45, 2.75) is 12.3 Å². The number of phenolic OH excluding ortho intramolecular Hbond substituents is 1. The number of pyridine rings is 2. The number of rotatable bonds is 4. The minimum atomic E-state index is -0.202. The Bertz CT molecular complexity index is 1160. The van der Waals surface area contributed by atoms with Crippen molar-refractivity contribution in [1.82, 2.24) is 9.97 Å². The smallest absolute Gasteiger partial charge is 0.145 e. The summed E-state index contributed by atoms with van der Waals surface area (Å²) in [6.07, 6.45) is 3.87. The molecule has 0 bridgehead atoms. The van der Waals surface area contributed by atoms with Crippen LogP contribution in [-0.2, 0) is 6.42 Å². The van der Waals surface area contributed by atoms with Crippen molar-refractivity contribution in [3.8, 4) is 5.75 Å². The monoisotopic (exact) mass is 428 g/mol. The second-order valence-corrected chi connectivity index (χ2v) is 7.73. The van der Waals surface area contributed by atoms with E-state index in [1.165, 1.54) is 0 Å². The van der Waals surface area contributed by atoms with Crippen molar-refractivity contribution in [1.29, 1.82) is 0 Å². The van der Waals surface area contributed by atoms with E-state index in [0.29, 0.717) is 27.0 Å². The quantitative estimate of drug-likeness (QED) is 0.394. The maximum absolute atomic E-state index is 11.0. The number of fused-ring (bicyclic) bond motifs is 1. The fourth-order valence-corrected chi connectivity index (χ4v) is 3.82. The molecule has 0 radical (unpaired) electrons. The molecule has 0 saturated carbocycles. The number of hydrogen-bond acceptors (Lipinski definition) is 3. The molecule has 3 nitrogen and oxygen atoms in total. The topological polar surface area (TPSA) is 46.0 Å². The molecule has 1 N–H and O–H groups in total. The standard InChI is InChI=1S/C22H15Cl3N2O/c23-15-7-9-26-16(11-15)12-18(14-4-6-19(24)20(25)10-14)17-5-3-13-2-1-8-27-21(13)22(17)28/h1-11,18,28H,12H2. The number of nitrogens with zero attached hydrogens (tertiary/aromatic N) is 2. The summed E-state index contributed by atoms with van der Waals surface area (Å²) in [5.74, 6) is -0.0525. The van der Waals surface area contributed by atoms with Gasteiger partial charge in [0.2, 0.25) is 0 Å². The summed E-state index contributed by atoms with van der Waals surface area (Å²) in [5.41, 5.74) is 3.03. The summed E-state index contributed by atoms with van der Waals surface area (Å²) < 4.78 is 0. The minimum Gasteiger partial charge on any atom is -0.505 e. The molecule has 1 unspecified atom stereocenters. The zero-order valence-corrected chi connectivity index (χ0v) is 16.9. The SMILES string of the molecule is Oc1c(C(Cc2cc(Cl)ccn2)c2ccc(Cl)c(Cl)c2)ccc2cccnc12. The Balaban J connectivity index is 1.87. The molecular weight excluding hydrogens is 415 g/mol. The van der Waals surface area contributed by atoms with Crippen LogP contribution in [0.3, 0.4) is 0 Å². The fraction of sp³-hybridized carbons (Fsp3) is 0.0909. The van der Waals surface area contributed by atoms with Crippen LogP contribution >= 0.6 is 34.8 Å². The van der Waals surface area contributed by atoms with Crippen molar-refractivity contribution in [2.75, 3.05) is 0 Å². The molecule has 140 valence electrons. The summed E-state index contributed by atoms with van der Waals surface area (Å²) in [6, 6.07) is 16.7. The predicted molar refractivity (Wildman–Crippen MR) is 115 cm³/mol. The molecule has 0 fully saturated rings. The number of hydrogen-bond donors (Lipinski definition) is 1. The van der Waals surface area contributed by atoms with E-state index in [-0.39, 0.29) is 11.7 Å². The van der Waals surface area contributed by atoms with Crippen LogP contribution in [0.15, 0.2) is 67.0 Å². The lowest BCUT2D eigenvalue weighted by Gasteiger charge is -2.20. The largest absolute Gasteiger partial charge is 0.505 e. The molecular formula is C22H15Cl3N2O. The molecule has 0 aliphatic carbocycles. The van der Waals surface area contributed by atoms with Crippen LogP contribution in [0.25, 0.3) is 10.9 Å². The second-order valence-electron chi connectivity index (χ2n) is 6.47. The van der Waals surface area contributed by atoms with Crippen LogP contribution in [0.4, 0.5) is 0 Å². The van der Waals surface area contributed by atoms with Gasteiger partial charge in [0.1, 0.15) is 11.3 Å². The number of halogens is 3. The molecule has 2 aromatic carbocycles. The van der Waals surface area contributed by atoms with Gasteiger partial charge in [-0.15, -0.1) is 0 Å². The molecule has 0 aliphatic rings. The fourth-order valence-electron chi connectivity index (χ4n) is 3.33. The number of aromatic nitrogens is 2. The molecule has 0 amide bonds. The predicted octanol–water partition coefficient (Wildman–Crippen LogP) is 6.67. The highest BCUT2D eigenvalue weighted by molar-refractivity contribution is 6.42. The van der Waals surface area contributed by atoms with E-state index >= 15 is 0 Å². The van der Waals surface area contributed by atoms with E-state index in [4.69, 9.17) is 34.8 Å². The highest BCUT2D eigenvalue weighted by Gasteiger charge is 2.22. The van der Waals surface area contributed by atoms with Crippen LogP contribution in [-0.4, -0.2) is 15.1 Å². The van der Waals surface area contributed by atoms with E-state index in [0.717, 1.165) is 22.2 Å². The molecule has 0 aliphatic heterocycles. The van der Waals surface area contributed by atoms with Gasteiger partial charge in [-0.05, 0) is 35.9 Å². The van der Waals surface area contributed by atoms with Crippen molar-refractivity contribution >= 4 is 45.7 Å². The van der Waals surface area contributed by atoms with Gasteiger partial charge in [0.25, 0.3) is 0 Å². The molecule has 6 heteroatoms. The first-order valence-electron chi connectivity index (χ1n) is 8.65. The van der Waals surface area contributed by atoms with Crippen molar-refractivity contribution in [2.24, 2.45) is 0 Å². The Hall–Kier alpha value is -2.33. The van der Waals surface area contributed by atoms with Crippen LogP contribution < -0.4 is 0 Å².